The molecule has 4 heteroatoms. The fraction of sp³-hybridized carbons (Fsp3) is 0.538. The average Bonchev–Trinajstić information content (AvgIpc) is 2.61. The first-order chi connectivity index (χ1) is 8.16. The van der Waals surface area contributed by atoms with E-state index in [-0.39, 0.29) is 5.82 Å². The molecule has 2 unspecified atom stereocenters. The molecule has 0 aliphatic carbocycles. The van der Waals surface area contributed by atoms with Gasteiger partial charge in [0.15, 0.2) is 0 Å². The van der Waals surface area contributed by atoms with Crippen molar-refractivity contribution in [1.29, 1.82) is 0 Å². The Balaban J connectivity index is 1.75. The standard InChI is InChI=1S/C13H19FN2S/c1-10-8-16(9-12(10)15)6-7-17-13-5-3-2-4-11(13)14/h2-5,10,12H,6-9,15H2,1H3. The SMILES string of the molecule is CC1CN(CCSc2ccccc2F)CC1N. The van der Waals surface area contributed by atoms with E-state index in [1.807, 2.05) is 12.1 Å². The minimum absolute atomic E-state index is 0.121. The van der Waals surface area contributed by atoms with Crippen LogP contribution in [0.25, 0.3) is 0 Å². The largest absolute Gasteiger partial charge is 0.326 e. The Morgan fingerprint density at radius 2 is 2.18 bits per heavy atom. The average molecular weight is 254 g/mol. The predicted molar refractivity (Wildman–Crippen MR) is 70.7 cm³/mol. The Morgan fingerprint density at radius 1 is 1.41 bits per heavy atom. The maximum Gasteiger partial charge on any atom is 0.136 e. The van der Waals surface area contributed by atoms with Crippen LogP contribution in [0.1, 0.15) is 6.92 Å². The van der Waals surface area contributed by atoms with Crippen LogP contribution in [0.2, 0.25) is 0 Å². The molecule has 1 aliphatic rings. The van der Waals surface area contributed by atoms with Crippen LogP contribution < -0.4 is 5.73 Å². The summed E-state index contributed by atoms with van der Waals surface area (Å²) < 4.78 is 13.4. The summed E-state index contributed by atoms with van der Waals surface area (Å²) in [6, 6.07) is 7.24. The van der Waals surface area contributed by atoms with Gasteiger partial charge in [-0.3, -0.25) is 0 Å². The second-order valence-electron chi connectivity index (χ2n) is 4.68. The van der Waals surface area contributed by atoms with Crippen molar-refractivity contribution in [2.45, 2.75) is 17.9 Å². The highest BCUT2D eigenvalue weighted by molar-refractivity contribution is 7.99. The third-order valence-electron chi connectivity index (χ3n) is 3.25. The number of benzene rings is 1. The van der Waals surface area contributed by atoms with E-state index in [0.29, 0.717) is 12.0 Å². The van der Waals surface area contributed by atoms with Gasteiger partial charge in [0.05, 0.1) is 0 Å². The maximum absolute atomic E-state index is 13.4. The van der Waals surface area contributed by atoms with E-state index in [1.54, 1.807) is 17.8 Å². The summed E-state index contributed by atoms with van der Waals surface area (Å²) in [5.74, 6) is 1.37. The van der Waals surface area contributed by atoms with E-state index in [1.165, 1.54) is 6.07 Å². The Labute approximate surface area is 106 Å². The number of halogens is 1. The highest BCUT2D eigenvalue weighted by atomic mass is 32.2. The van der Waals surface area contributed by atoms with Crippen LogP contribution in [0.4, 0.5) is 4.39 Å². The van der Waals surface area contributed by atoms with E-state index in [4.69, 9.17) is 5.73 Å². The van der Waals surface area contributed by atoms with E-state index in [0.717, 1.165) is 30.3 Å². The fourth-order valence-corrected chi connectivity index (χ4v) is 3.07. The zero-order valence-corrected chi connectivity index (χ0v) is 10.9. The van der Waals surface area contributed by atoms with E-state index in [2.05, 4.69) is 11.8 Å². The lowest BCUT2D eigenvalue weighted by Crippen LogP contribution is -2.29. The van der Waals surface area contributed by atoms with Crippen LogP contribution in [0.3, 0.4) is 0 Å². The van der Waals surface area contributed by atoms with E-state index in [9.17, 15) is 4.39 Å². The van der Waals surface area contributed by atoms with Crippen molar-refractivity contribution in [1.82, 2.24) is 4.90 Å². The van der Waals surface area contributed by atoms with E-state index >= 15 is 0 Å². The number of rotatable bonds is 4. The first-order valence-electron chi connectivity index (χ1n) is 6.02. The fourth-order valence-electron chi connectivity index (χ4n) is 2.12. The Morgan fingerprint density at radius 3 is 2.82 bits per heavy atom. The maximum atomic E-state index is 13.4. The minimum atomic E-state index is -0.121. The van der Waals surface area contributed by atoms with Crippen LogP contribution >= 0.6 is 11.8 Å². The van der Waals surface area contributed by atoms with Crippen LogP contribution in [0.5, 0.6) is 0 Å². The third-order valence-corrected chi connectivity index (χ3v) is 4.28. The number of hydrogen-bond acceptors (Lipinski definition) is 3. The Hall–Kier alpha value is -0.580. The monoisotopic (exact) mass is 254 g/mol. The highest BCUT2D eigenvalue weighted by Gasteiger charge is 2.25. The molecule has 0 saturated carbocycles. The van der Waals surface area contributed by atoms with Gasteiger partial charge in [-0.05, 0) is 18.1 Å². The van der Waals surface area contributed by atoms with Crippen molar-refractivity contribution in [3.63, 3.8) is 0 Å². The molecule has 1 aromatic rings. The lowest BCUT2D eigenvalue weighted by Gasteiger charge is -2.14. The van der Waals surface area contributed by atoms with Crippen molar-refractivity contribution in [3.8, 4) is 0 Å². The van der Waals surface area contributed by atoms with Gasteiger partial charge in [0.2, 0.25) is 0 Å². The van der Waals surface area contributed by atoms with Crippen molar-refractivity contribution >= 4 is 11.8 Å². The first-order valence-corrected chi connectivity index (χ1v) is 7.00. The molecule has 0 spiro atoms. The van der Waals surface area contributed by atoms with Crippen LogP contribution in [0.15, 0.2) is 29.2 Å². The van der Waals surface area contributed by atoms with Gasteiger partial charge in [0, 0.05) is 36.3 Å². The van der Waals surface area contributed by atoms with Gasteiger partial charge in [-0.1, -0.05) is 19.1 Å². The summed E-state index contributed by atoms with van der Waals surface area (Å²) in [6.45, 7) is 5.21. The predicted octanol–water partition coefficient (Wildman–Crippen LogP) is 2.20. The molecule has 2 rings (SSSR count). The summed E-state index contributed by atoms with van der Waals surface area (Å²) in [7, 11) is 0. The smallest absolute Gasteiger partial charge is 0.136 e. The molecular formula is C13H19FN2S. The van der Waals surface area contributed by atoms with Gasteiger partial charge in [0.25, 0.3) is 0 Å². The summed E-state index contributed by atoms with van der Waals surface area (Å²) >= 11 is 1.58. The summed E-state index contributed by atoms with van der Waals surface area (Å²) in [5, 5.41) is 0. The summed E-state index contributed by atoms with van der Waals surface area (Å²) in [4.78, 5) is 3.10. The molecular weight excluding hydrogens is 235 g/mol. The quantitative estimate of drug-likeness (QED) is 0.835. The van der Waals surface area contributed by atoms with Crippen LogP contribution in [-0.2, 0) is 0 Å². The number of hydrogen-bond donors (Lipinski definition) is 1. The second-order valence-corrected chi connectivity index (χ2v) is 5.82. The van der Waals surface area contributed by atoms with Crippen molar-refractivity contribution in [2.75, 3.05) is 25.4 Å². The van der Waals surface area contributed by atoms with Crippen molar-refractivity contribution in [3.05, 3.63) is 30.1 Å². The first kappa shape index (κ1) is 12.9. The lowest BCUT2D eigenvalue weighted by atomic mass is 10.1. The number of nitrogens with two attached hydrogens (primary N) is 1. The highest BCUT2D eigenvalue weighted by Crippen LogP contribution is 2.22. The molecule has 2 N–H and O–H groups in total. The molecule has 1 fully saturated rings. The number of thioether (sulfide) groups is 1. The zero-order valence-electron chi connectivity index (χ0n) is 10.1. The third kappa shape index (κ3) is 3.44. The summed E-state index contributed by atoms with van der Waals surface area (Å²) in [6.07, 6.45) is 0. The van der Waals surface area contributed by atoms with Gasteiger partial charge in [-0.25, -0.2) is 4.39 Å². The van der Waals surface area contributed by atoms with Gasteiger partial charge >= 0.3 is 0 Å². The Bertz CT molecular complexity index is 362. The summed E-state index contributed by atoms with van der Waals surface area (Å²) in [5.41, 5.74) is 5.97. The molecule has 17 heavy (non-hydrogen) atoms. The number of nitrogens with zero attached hydrogens (tertiary/aromatic N) is 1. The van der Waals surface area contributed by atoms with Gasteiger partial charge in [0.1, 0.15) is 5.82 Å². The van der Waals surface area contributed by atoms with Crippen molar-refractivity contribution in [2.24, 2.45) is 11.7 Å². The van der Waals surface area contributed by atoms with Crippen LogP contribution in [-0.4, -0.2) is 36.3 Å². The molecule has 0 aromatic heterocycles. The minimum Gasteiger partial charge on any atom is -0.326 e. The molecule has 2 nitrogen and oxygen atoms in total. The molecule has 1 aromatic carbocycles. The van der Waals surface area contributed by atoms with Gasteiger partial charge < -0.3 is 10.6 Å². The molecule has 1 aliphatic heterocycles. The molecule has 2 atom stereocenters. The van der Waals surface area contributed by atoms with Crippen LogP contribution in [0, 0.1) is 11.7 Å². The Kier molecular flexibility index (Phi) is 4.42. The molecule has 0 radical (unpaired) electrons. The van der Waals surface area contributed by atoms with Crippen molar-refractivity contribution < 1.29 is 4.39 Å². The normalized spacial score (nSPS) is 25.4. The zero-order chi connectivity index (χ0) is 12.3. The topological polar surface area (TPSA) is 29.3 Å². The number of likely N-dealkylation sites (tertiary alicyclic amines) is 1. The second kappa shape index (κ2) is 5.85. The van der Waals surface area contributed by atoms with Gasteiger partial charge in [-0.2, -0.15) is 0 Å². The molecule has 94 valence electrons. The molecule has 1 heterocycles. The van der Waals surface area contributed by atoms with E-state index < -0.39 is 0 Å². The van der Waals surface area contributed by atoms with Gasteiger partial charge in [-0.15, -0.1) is 11.8 Å². The molecule has 0 amide bonds. The lowest BCUT2D eigenvalue weighted by molar-refractivity contribution is 0.348. The molecule has 1 saturated heterocycles. The molecule has 0 bridgehead atoms.